The molecule has 1 saturated carbocycles. The van der Waals surface area contributed by atoms with Crippen LogP contribution in [0.4, 0.5) is 0 Å². The maximum absolute atomic E-state index is 10.4. The SMILES string of the molecule is COC1CCCC2C(OC)C3C[C@@H](C(C)(C)O)OC3N(C)C12. The zero-order valence-electron chi connectivity index (χ0n) is 14.5. The molecule has 0 amide bonds. The molecule has 7 atom stereocenters. The van der Waals surface area contributed by atoms with Gasteiger partial charge in [-0.15, -0.1) is 0 Å². The maximum atomic E-state index is 10.4. The number of likely N-dealkylation sites (N-methyl/N-ethyl adjacent to an activating group) is 1. The van der Waals surface area contributed by atoms with Crippen molar-refractivity contribution < 1.29 is 19.3 Å². The van der Waals surface area contributed by atoms with Crippen LogP contribution in [0.2, 0.25) is 0 Å². The molecule has 3 fully saturated rings. The number of methoxy groups -OCH3 is 2. The first kappa shape index (κ1) is 16.7. The average Bonchev–Trinajstić information content (AvgIpc) is 2.92. The molecule has 0 aromatic heterocycles. The number of hydrogen-bond acceptors (Lipinski definition) is 5. The number of aliphatic hydroxyl groups is 1. The van der Waals surface area contributed by atoms with Gasteiger partial charge in [0.05, 0.1) is 23.9 Å². The summed E-state index contributed by atoms with van der Waals surface area (Å²) >= 11 is 0. The van der Waals surface area contributed by atoms with Crippen LogP contribution in [0.5, 0.6) is 0 Å². The topological polar surface area (TPSA) is 51.2 Å². The highest BCUT2D eigenvalue weighted by Crippen LogP contribution is 2.48. The molecule has 5 nitrogen and oxygen atoms in total. The van der Waals surface area contributed by atoms with Gasteiger partial charge in [0.25, 0.3) is 0 Å². The molecule has 1 N–H and O–H groups in total. The molecule has 3 aliphatic rings. The van der Waals surface area contributed by atoms with E-state index in [-0.39, 0.29) is 24.5 Å². The number of ether oxygens (including phenoxy) is 3. The molecule has 2 saturated heterocycles. The van der Waals surface area contributed by atoms with E-state index >= 15 is 0 Å². The first-order valence-corrected chi connectivity index (χ1v) is 8.53. The van der Waals surface area contributed by atoms with Crippen molar-refractivity contribution in [2.45, 2.75) is 75.7 Å². The van der Waals surface area contributed by atoms with Gasteiger partial charge in [0.2, 0.25) is 0 Å². The van der Waals surface area contributed by atoms with Crippen LogP contribution < -0.4 is 0 Å². The van der Waals surface area contributed by atoms with Crippen LogP contribution in [-0.2, 0) is 14.2 Å². The van der Waals surface area contributed by atoms with Crippen LogP contribution in [-0.4, -0.2) is 67.5 Å². The van der Waals surface area contributed by atoms with Crippen molar-refractivity contribution in [2.75, 3.05) is 21.3 Å². The summed E-state index contributed by atoms with van der Waals surface area (Å²) in [5, 5.41) is 10.4. The summed E-state index contributed by atoms with van der Waals surface area (Å²) in [6.45, 7) is 3.67. The van der Waals surface area contributed by atoms with E-state index < -0.39 is 5.60 Å². The zero-order chi connectivity index (χ0) is 16.1. The molecular weight excluding hydrogens is 282 g/mol. The number of nitrogens with zero attached hydrogens (tertiary/aromatic N) is 1. The van der Waals surface area contributed by atoms with Gasteiger partial charge in [0, 0.05) is 32.1 Å². The fourth-order valence-electron chi connectivity index (χ4n) is 5.03. The molecule has 0 aromatic rings. The van der Waals surface area contributed by atoms with Crippen molar-refractivity contribution in [3.05, 3.63) is 0 Å². The summed E-state index contributed by atoms with van der Waals surface area (Å²) in [4.78, 5) is 2.35. The van der Waals surface area contributed by atoms with Crippen LogP contribution in [0.25, 0.3) is 0 Å². The predicted octanol–water partition coefficient (Wildman–Crippen LogP) is 1.63. The molecule has 0 radical (unpaired) electrons. The highest BCUT2D eigenvalue weighted by molar-refractivity contribution is 5.05. The summed E-state index contributed by atoms with van der Waals surface area (Å²) < 4.78 is 18.0. The van der Waals surface area contributed by atoms with Gasteiger partial charge >= 0.3 is 0 Å². The van der Waals surface area contributed by atoms with Crippen molar-refractivity contribution in [1.29, 1.82) is 0 Å². The van der Waals surface area contributed by atoms with Crippen LogP contribution in [0.1, 0.15) is 39.5 Å². The summed E-state index contributed by atoms with van der Waals surface area (Å²) in [6, 6.07) is 0.338. The number of hydrogen-bond donors (Lipinski definition) is 1. The fourth-order valence-corrected chi connectivity index (χ4v) is 5.03. The second kappa shape index (κ2) is 6.02. The van der Waals surface area contributed by atoms with E-state index in [4.69, 9.17) is 14.2 Å². The van der Waals surface area contributed by atoms with Gasteiger partial charge in [-0.1, -0.05) is 6.42 Å². The molecule has 128 valence electrons. The Hall–Kier alpha value is -0.200. The Morgan fingerprint density at radius 1 is 1.14 bits per heavy atom. The summed E-state index contributed by atoms with van der Waals surface area (Å²) in [7, 11) is 5.77. The van der Waals surface area contributed by atoms with Crippen molar-refractivity contribution in [3.8, 4) is 0 Å². The molecule has 0 bridgehead atoms. The third kappa shape index (κ3) is 2.61. The Bertz CT molecular complexity index is 397. The normalized spacial score (nSPS) is 46.4. The molecule has 22 heavy (non-hydrogen) atoms. The third-order valence-corrected chi connectivity index (χ3v) is 6.08. The van der Waals surface area contributed by atoms with Crippen molar-refractivity contribution in [1.82, 2.24) is 4.90 Å². The highest BCUT2D eigenvalue weighted by atomic mass is 16.5. The van der Waals surface area contributed by atoms with Crippen LogP contribution in [0, 0.1) is 11.8 Å². The minimum Gasteiger partial charge on any atom is -0.388 e. The minimum absolute atomic E-state index is 0.0124. The van der Waals surface area contributed by atoms with Gasteiger partial charge in [-0.3, -0.25) is 4.90 Å². The van der Waals surface area contributed by atoms with Gasteiger partial charge in [0.1, 0.15) is 6.23 Å². The molecule has 0 aromatic carbocycles. The van der Waals surface area contributed by atoms with Crippen LogP contribution in [0.15, 0.2) is 0 Å². The van der Waals surface area contributed by atoms with Crippen LogP contribution >= 0.6 is 0 Å². The molecule has 2 heterocycles. The van der Waals surface area contributed by atoms with E-state index in [2.05, 4.69) is 11.9 Å². The quantitative estimate of drug-likeness (QED) is 0.858. The van der Waals surface area contributed by atoms with Crippen molar-refractivity contribution in [2.24, 2.45) is 11.8 Å². The monoisotopic (exact) mass is 313 g/mol. The minimum atomic E-state index is -0.817. The molecular formula is C17H31NO4. The lowest BCUT2D eigenvalue weighted by atomic mass is 9.70. The number of likely N-dealkylation sites (tertiary alicyclic amines) is 1. The smallest absolute Gasteiger partial charge is 0.116 e. The summed E-state index contributed by atoms with van der Waals surface area (Å²) in [5.74, 6) is 0.808. The summed E-state index contributed by atoms with van der Waals surface area (Å²) in [5.41, 5.74) is -0.817. The zero-order valence-corrected chi connectivity index (χ0v) is 14.5. The maximum Gasteiger partial charge on any atom is 0.116 e. The second-order valence-corrected chi connectivity index (χ2v) is 7.79. The van der Waals surface area contributed by atoms with E-state index in [1.807, 2.05) is 28.1 Å². The Labute approximate surface area is 133 Å². The Balaban J connectivity index is 1.88. The average molecular weight is 313 g/mol. The second-order valence-electron chi connectivity index (χ2n) is 7.79. The van der Waals surface area contributed by atoms with Gasteiger partial charge in [0.15, 0.2) is 0 Å². The molecule has 3 rings (SSSR count). The lowest BCUT2D eigenvalue weighted by molar-refractivity contribution is -0.204. The van der Waals surface area contributed by atoms with E-state index in [9.17, 15) is 5.11 Å². The Kier molecular flexibility index (Phi) is 4.56. The number of rotatable bonds is 3. The lowest BCUT2D eigenvalue weighted by Gasteiger charge is -2.53. The van der Waals surface area contributed by atoms with Crippen molar-refractivity contribution in [3.63, 3.8) is 0 Å². The Morgan fingerprint density at radius 2 is 1.86 bits per heavy atom. The van der Waals surface area contributed by atoms with Gasteiger partial charge in [-0.2, -0.15) is 0 Å². The summed E-state index contributed by atoms with van der Waals surface area (Å²) in [6.07, 6.45) is 4.65. The van der Waals surface area contributed by atoms with Gasteiger partial charge in [-0.05, 0) is 40.2 Å². The molecule has 6 unspecified atom stereocenters. The van der Waals surface area contributed by atoms with Crippen molar-refractivity contribution >= 4 is 0 Å². The van der Waals surface area contributed by atoms with Gasteiger partial charge < -0.3 is 19.3 Å². The van der Waals surface area contributed by atoms with E-state index in [0.717, 1.165) is 12.8 Å². The first-order chi connectivity index (χ1) is 10.4. The van der Waals surface area contributed by atoms with Crippen LogP contribution in [0.3, 0.4) is 0 Å². The first-order valence-electron chi connectivity index (χ1n) is 8.53. The predicted molar refractivity (Wildman–Crippen MR) is 83.6 cm³/mol. The lowest BCUT2D eigenvalue weighted by Crippen LogP contribution is -2.64. The number of fused-ring (bicyclic) bond motifs is 2. The molecule has 1 aliphatic carbocycles. The largest absolute Gasteiger partial charge is 0.388 e. The van der Waals surface area contributed by atoms with E-state index in [1.54, 1.807) is 0 Å². The van der Waals surface area contributed by atoms with E-state index in [0.29, 0.717) is 17.9 Å². The molecule has 2 aliphatic heterocycles. The molecule has 0 spiro atoms. The molecule has 5 heteroatoms. The third-order valence-electron chi connectivity index (χ3n) is 6.08. The van der Waals surface area contributed by atoms with Gasteiger partial charge in [-0.25, -0.2) is 0 Å². The highest BCUT2D eigenvalue weighted by Gasteiger charge is 2.57. The fraction of sp³-hybridized carbons (Fsp3) is 1.00. The standard InChI is InChI=1S/C17H31NO4/c1-17(2,19)13-9-11-15(21-5)10-7-6-8-12(20-4)14(10)18(3)16(11)22-13/h10-16,19H,6-9H2,1-5H3/t10?,11?,12?,13-,14?,15?,16?/m0/s1. The van der Waals surface area contributed by atoms with E-state index in [1.165, 1.54) is 12.8 Å². The number of piperidine rings is 1. The Morgan fingerprint density at radius 3 is 2.45 bits per heavy atom.